The highest BCUT2D eigenvalue weighted by molar-refractivity contribution is 7.89. The van der Waals surface area contributed by atoms with Gasteiger partial charge in [-0.05, 0) is 19.9 Å². The Kier molecular flexibility index (Phi) is 5.59. The minimum absolute atomic E-state index is 0.0570. The lowest BCUT2D eigenvalue weighted by Crippen LogP contribution is -2.48. The van der Waals surface area contributed by atoms with E-state index in [1.54, 1.807) is 18.2 Å². The number of aromatic nitrogens is 2. The van der Waals surface area contributed by atoms with Crippen molar-refractivity contribution in [3.8, 4) is 0 Å². The number of alkyl halides is 2. The third-order valence-electron chi connectivity index (χ3n) is 4.72. The average Bonchev–Trinajstić information content (AvgIpc) is 2.93. The highest BCUT2D eigenvalue weighted by atomic mass is 32.2. The lowest BCUT2D eigenvalue weighted by molar-refractivity contribution is 0.0538. The van der Waals surface area contributed by atoms with E-state index < -0.39 is 16.6 Å². The molecule has 2 heterocycles. The molecule has 0 radical (unpaired) electrons. The zero-order valence-electron chi connectivity index (χ0n) is 15.1. The molecule has 0 unspecified atom stereocenters. The van der Waals surface area contributed by atoms with E-state index in [0.29, 0.717) is 29.9 Å². The number of nitrogens with zero attached hydrogens (tertiary/aromatic N) is 4. The quantitative estimate of drug-likeness (QED) is 0.771. The Morgan fingerprint density at radius 2 is 1.74 bits per heavy atom. The van der Waals surface area contributed by atoms with Crippen molar-refractivity contribution < 1.29 is 21.6 Å². The minimum atomic E-state index is -3.92. The molecule has 0 aliphatic carbocycles. The summed E-state index contributed by atoms with van der Waals surface area (Å²) in [6.07, 6.45) is 0. The smallest absolute Gasteiger partial charge is 0.296 e. The summed E-state index contributed by atoms with van der Waals surface area (Å²) in [4.78, 5) is 1.80. The Balaban J connectivity index is 1.73. The Hall–Kier alpha value is -1.91. The molecule has 0 saturated carbocycles. The number of piperazine rings is 1. The SMILES string of the molecule is Cc1nn(C(F)F)c(C)c1S(=O)(=O)N1CCN(Cc2ccccc2F)CC1. The van der Waals surface area contributed by atoms with Crippen LogP contribution in [0.3, 0.4) is 0 Å². The van der Waals surface area contributed by atoms with Crippen LogP contribution in [0.1, 0.15) is 23.5 Å². The van der Waals surface area contributed by atoms with Crippen molar-refractivity contribution in [3.63, 3.8) is 0 Å². The van der Waals surface area contributed by atoms with Gasteiger partial charge in [-0.2, -0.15) is 18.2 Å². The van der Waals surface area contributed by atoms with Crippen molar-refractivity contribution in [2.45, 2.75) is 31.8 Å². The van der Waals surface area contributed by atoms with Gasteiger partial charge in [0.15, 0.2) is 0 Å². The first-order chi connectivity index (χ1) is 12.7. The summed E-state index contributed by atoms with van der Waals surface area (Å²) in [7, 11) is -3.92. The van der Waals surface area contributed by atoms with Crippen LogP contribution in [0.4, 0.5) is 13.2 Å². The standard InChI is InChI=1S/C17H21F3N4O2S/c1-12-16(13(2)24(21-12)17(19)20)27(25,26)23-9-7-22(8-10-23)11-14-5-3-4-6-15(14)18/h3-6,17H,7-11H2,1-2H3. The molecule has 0 spiro atoms. The van der Waals surface area contributed by atoms with Gasteiger partial charge in [0.05, 0.1) is 11.4 Å². The highest BCUT2D eigenvalue weighted by Crippen LogP contribution is 2.27. The summed E-state index contributed by atoms with van der Waals surface area (Å²) in [5.74, 6) is -0.293. The molecular weight excluding hydrogens is 381 g/mol. The van der Waals surface area contributed by atoms with Crippen molar-refractivity contribution >= 4 is 10.0 Å². The van der Waals surface area contributed by atoms with Gasteiger partial charge < -0.3 is 0 Å². The number of rotatable bonds is 5. The first kappa shape index (κ1) is 19.8. The van der Waals surface area contributed by atoms with E-state index in [4.69, 9.17) is 0 Å². The van der Waals surface area contributed by atoms with E-state index >= 15 is 0 Å². The van der Waals surface area contributed by atoms with Crippen molar-refractivity contribution in [1.29, 1.82) is 0 Å². The van der Waals surface area contributed by atoms with Crippen LogP contribution in [0.15, 0.2) is 29.2 Å². The molecular formula is C17H21F3N4O2S. The molecule has 0 N–H and O–H groups in total. The van der Waals surface area contributed by atoms with E-state index in [-0.39, 0.29) is 35.2 Å². The molecule has 1 fully saturated rings. The zero-order valence-corrected chi connectivity index (χ0v) is 15.9. The van der Waals surface area contributed by atoms with Gasteiger partial charge in [0.25, 0.3) is 0 Å². The molecule has 10 heteroatoms. The molecule has 2 aromatic rings. The van der Waals surface area contributed by atoms with E-state index in [0.717, 1.165) is 0 Å². The van der Waals surface area contributed by atoms with Crippen LogP contribution < -0.4 is 0 Å². The number of hydrogen-bond acceptors (Lipinski definition) is 4. The number of hydrogen-bond donors (Lipinski definition) is 0. The number of benzene rings is 1. The van der Waals surface area contributed by atoms with E-state index in [2.05, 4.69) is 5.10 Å². The number of halogens is 3. The van der Waals surface area contributed by atoms with Crippen molar-refractivity contribution in [1.82, 2.24) is 19.0 Å². The fourth-order valence-electron chi connectivity index (χ4n) is 3.34. The van der Waals surface area contributed by atoms with Crippen LogP contribution in [0.25, 0.3) is 0 Å². The first-order valence-electron chi connectivity index (χ1n) is 8.51. The Morgan fingerprint density at radius 1 is 1.11 bits per heavy atom. The summed E-state index contributed by atoms with van der Waals surface area (Å²) in [5.41, 5.74) is 0.538. The molecule has 0 bridgehead atoms. The lowest BCUT2D eigenvalue weighted by atomic mass is 10.2. The number of aryl methyl sites for hydroxylation is 1. The molecule has 1 aromatic heterocycles. The van der Waals surface area contributed by atoms with Gasteiger partial charge in [0, 0.05) is 38.3 Å². The second kappa shape index (κ2) is 7.61. The van der Waals surface area contributed by atoms with Crippen molar-refractivity contribution in [3.05, 3.63) is 47.0 Å². The van der Waals surface area contributed by atoms with Gasteiger partial charge in [-0.3, -0.25) is 4.90 Å². The van der Waals surface area contributed by atoms with Crippen LogP contribution >= 0.6 is 0 Å². The molecule has 0 amide bonds. The predicted octanol–water partition coefficient (Wildman–Crippen LogP) is 2.54. The lowest BCUT2D eigenvalue weighted by Gasteiger charge is -2.34. The Bertz CT molecular complexity index is 922. The van der Waals surface area contributed by atoms with Gasteiger partial charge in [-0.1, -0.05) is 18.2 Å². The van der Waals surface area contributed by atoms with Crippen LogP contribution in [0.2, 0.25) is 0 Å². The topological polar surface area (TPSA) is 58.4 Å². The van der Waals surface area contributed by atoms with Crippen LogP contribution in [0.5, 0.6) is 0 Å². The average molecular weight is 402 g/mol. The summed E-state index contributed by atoms with van der Waals surface area (Å²) < 4.78 is 67.3. The summed E-state index contributed by atoms with van der Waals surface area (Å²) in [6, 6.07) is 6.46. The maximum Gasteiger partial charge on any atom is 0.333 e. The maximum atomic E-state index is 13.8. The fraction of sp³-hybridized carbons (Fsp3) is 0.471. The molecule has 1 aliphatic rings. The molecule has 3 rings (SSSR count). The third-order valence-corrected chi connectivity index (χ3v) is 6.88. The monoisotopic (exact) mass is 402 g/mol. The minimum Gasteiger partial charge on any atom is -0.296 e. The second-order valence-electron chi connectivity index (χ2n) is 6.49. The largest absolute Gasteiger partial charge is 0.333 e. The predicted molar refractivity (Wildman–Crippen MR) is 93.4 cm³/mol. The molecule has 148 valence electrons. The van der Waals surface area contributed by atoms with E-state index in [1.165, 1.54) is 24.2 Å². The van der Waals surface area contributed by atoms with E-state index in [9.17, 15) is 21.6 Å². The van der Waals surface area contributed by atoms with Crippen LogP contribution in [0, 0.1) is 19.7 Å². The molecule has 0 atom stereocenters. The summed E-state index contributed by atoms with van der Waals surface area (Å²) in [6.45, 7) is 1.49. The van der Waals surface area contributed by atoms with Crippen LogP contribution in [-0.4, -0.2) is 53.6 Å². The van der Waals surface area contributed by atoms with Crippen molar-refractivity contribution in [2.24, 2.45) is 0 Å². The van der Waals surface area contributed by atoms with Crippen molar-refractivity contribution in [2.75, 3.05) is 26.2 Å². The van der Waals surface area contributed by atoms with E-state index in [1.807, 2.05) is 4.90 Å². The van der Waals surface area contributed by atoms with Gasteiger partial charge in [-0.15, -0.1) is 0 Å². The second-order valence-corrected chi connectivity index (χ2v) is 8.37. The highest BCUT2D eigenvalue weighted by Gasteiger charge is 2.34. The number of sulfonamides is 1. The van der Waals surface area contributed by atoms with Gasteiger partial charge >= 0.3 is 6.55 Å². The molecule has 1 saturated heterocycles. The van der Waals surface area contributed by atoms with Gasteiger partial charge in [-0.25, -0.2) is 17.5 Å². The Labute approximate surface area is 156 Å². The van der Waals surface area contributed by atoms with Gasteiger partial charge in [0.1, 0.15) is 10.7 Å². The molecule has 27 heavy (non-hydrogen) atoms. The summed E-state index contributed by atoms with van der Waals surface area (Å²) >= 11 is 0. The first-order valence-corrected chi connectivity index (χ1v) is 9.95. The third kappa shape index (κ3) is 3.87. The van der Waals surface area contributed by atoms with Crippen LogP contribution in [-0.2, 0) is 16.6 Å². The summed E-state index contributed by atoms with van der Waals surface area (Å²) in [5, 5.41) is 3.66. The molecule has 1 aromatic carbocycles. The fourth-order valence-corrected chi connectivity index (χ4v) is 5.12. The molecule has 1 aliphatic heterocycles. The molecule has 6 nitrogen and oxygen atoms in total. The normalized spacial score (nSPS) is 17.0. The Morgan fingerprint density at radius 3 is 2.30 bits per heavy atom. The van der Waals surface area contributed by atoms with Gasteiger partial charge in [0.2, 0.25) is 10.0 Å². The maximum absolute atomic E-state index is 13.8. The zero-order chi connectivity index (χ0) is 19.8.